The van der Waals surface area contributed by atoms with Gasteiger partial charge in [-0.25, -0.2) is 17.5 Å². The molecule has 3 rings (SSSR count). The minimum atomic E-state index is -3.59. The van der Waals surface area contributed by atoms with Gasteiger partial charge in [0.25, 0.3) is 5.91 Å². The van der Waals surface area contributed by atoms with Gasteiger partial charge in [-0.3, -0.25) is 4.79 Å². The Labute approximate surface area is 151 Å². The summed E-state index contributed by atoms with van der Waals surface area (Å²) in [6, 6.07) is 11.1. The summed E-state index contributed by atoms with van der Waals surface area (Å²) in [5.74, 6) is -0.814. The molecule has 1 fully saturated rings. The maximum Gasteiger partial charge on any atom is 0.255 e. The fourth-order valence-electron chi connectivity index (χ4n) is 2.75. The predicted octanol–water partition coefficient (Wildman–Crippen LogP) is 2.11. The quantitative estimate of drug-likeness (QED) is 0.745. The van der Waals surface area contributed by atoms with E-state index in [-0.39, 0.29) is 10.9 Å². The largest absolute Gasteiger partial charge is 0.322 e. The minimum Gasteiger partial charge on any atom is -0.322 e. The van der Waals surface area contributed by atoms with Gasteiger partial charge >= 0.3 is 0 Å². The van der Waals surface area contributed by atoms with Gasteiger partial charge in [-0.15, -0.1) is 0 Å². The van der Waals surface area contributed by atoms with Crippen LogP contribution >= 0.6 is 0 Å². The van der Waals surface area contributed by atoms with Crippen molar-refractivity contribution in [2.24, 2.45) is 0 Å². The first-order valence-electron chi connectivity index (χ1n) is 8.34. The van der Waals surface area contributed by atoms with Crippen LogP contribution in [0.15, 0.2) is 53.4 Å². The number of sulfonamides is 1. The summed E-state index contributed by atoms with van der Waals surface area (Å²) >= 11 is 0. The van der Waals surface area contributed by atoms with Crippen molar-refractivity contribution in [1.82, 2.24) is 10.0 Å². The Morgan fingerprint density at radius 2 is 1.62 bits per heavy atom. The molecule has 0 saturated carbocycles. The Balaban J connectivity index is 1.65. The number of amides is 1. The number of hydrogen-bond donors (Lipinski definition) is 3. The van der Waals surface area contributed by atoms with Crippen LogP contribution in [0.3, 0.4) is 0 Å². The Kier molecular flexibility index (Phi) is 5.65. The zero-order chi connectivity index (χ0) is 18.6. The maximum atomic E-state index is 12.9. The molecule has 1 amide bonds. The lowest BCUT2D eigenvalue weighted by atomic mass is 10.1. The van der Waals surface area contributed by atoms with Crippen molar-refractivity contribution < 1.29 is 17.6 Å². The highest BCUT2D eigenvalue weighted by Gasteiger charge is 2.21. The van der Waals surface area contributed by atoms with Crippen LogP contribution in [0.25, 0.3) is 0 Å². The number of nitrogens with one attached hydrogen (secondary N) is 3. The van der Waals surface area contributed by atoms with Gasteiger partial charge in [0.15, 0.2) is 0 Å². The molecule has 0 aliphatic carbocycles. The summed E-state index contributed by atoms with van der Waals surface area (Å²) in [6.45, 7) is 1.59. The fourth-order valence-corrected chi connectivity index (χ4v) is 4.05. The summed E-state index contributed by atoms with van der Waals surface area (Å²) in [7, 11) is -3.59. The number of halogens is 1. The van der Waals surface area contributed by atoms with Gasteiger partial charge < -0.3 is 10.6 Å². The number of benzene rings is 2. The number of anilines is 1. The molecule has 138 valence electrons. The van der Waals surface area contributed by atoms with E-state index in [1.165, 1.54) is 48.5 Å². The van der Waals surface area contributed by atoms with Crippen LogP contribution in [0, 0.1) is 5.82 Å². The second-order valence-corrected chi connectivity index (χ2v) is 7.84. The van der Waals surface area contributed by atoms with Crippen molar-refractivity contribution in [2.75, 3.05) is 18.4 Å². The van der Waals surface area contributed by atoms with Crippen LogP contribution in [0.1, 0.15) is 23.2 Å². The summed E-state index contributed by atoms with van der Waals surface area (Å²) in [5.41, 5.74) is 0.774. The average molecular weight is 377 g/mol. The third-order valence-corrected chi connectivity index (χ3v) is 5.73. The molecule has 26 heavy (non-hydrogen) atoms. The highest BCUT2D eigenvalue weighted by Crippen LogP contribution is 2.17. The molecule has 2 aromatic rings. The van der Waals surface area contributed by atoms with E-state index in [9.17, 15) is 17.6 Å². The second-order valence-electron chi connectivity index (χ2n) is 6.13. The molecule has 0 bridgehead atoms. The van der Waals surface area contributed by atoms with Crippen LogP contribution in [-0.2, 0) is 10.0 Å². The Morgan fingerprint density at radius 1 is 1.00 bits per heavy atom. The molecule has 1 heterocycles. The van der Waals surface area contributed by atoms with E-state index in [0.717, 1.165) is 25.9 Å². The minimum absolute atomic E-state index is 0.0703. The number of carbonyl (C=O) groups excluding carboxylic acids is 1. The van der Waals surface area contributed by atoms with Crippen LogP contribution in [0.2, 0.25) is 0 Å². The Bertz CT molecular complexity index is 862. The average Bonchev–Trinajstić information content (AvgIpc) is 2.63. The number of piperidine rings is 1. The van der Waals surface area contributed by atoms with Gasteiger partial charge in [0.2, 0.25) is 10.0 Å². The van der Waals surface area contributed by atoms with E-state index < -0.39 is 21.7 Å². The predicted molar refractivity (Wildman–Crippen MR) is 97.0 cm³/mol. The van der Waals surface area contributed by atoms with E-state index in [1.54, 1.807) is 0 Å². The lowest BCUT2D eigenvalue weighted by Gasteiger charge is -2.23. The highest BCUT2D eigenvalue weighted by molar-refractivity contribution is 7.89. The molecule has 1 aliphatic rings. The highest BCUT2D eigenvalue weighted by atomic mass is 32.2. The van der Waals surface area contributed by atoms with Crippen LogP contribution in [0.4, 0.5) is 10.1 Å². The Morgan fingerprint density at radius 3 is 2.23 bits per heavy atom. The van der Waals surface area contributed by atoms with E-state index in [1.807, 2.05) is 0 Å². The number of rotatable bonds is 5. The zero-order valence-electron chi connectivity index (χ0n) is 14.0. The van der Waals surface area contributed by atoms with Crippen LogP contribution in [0.5, 0.6) is 0 Å². The van der Waals surface area contributed by atoms with Gasteiger partial charge in [0.05, 0.1) is 4.90 Å². The van der Waals surface area contributed by atoms with E-state index in [0.29, 0.717) is 11.3 Å². The van der Waals surface area contributed by atoms with E-state index in [4.69, 9.17) is 0 Å². The first-order chi connectivity index (χ1) is 12.4. The Hall–Kier alpha value is -2.29. The van der Waals surface area contributed by atoms with Crippen molar-refractivity contribution in [3.63, 3.8) is 0 Å². The second kappa shape index (κ2) is 7.94. The van der Waals surface area contributed by atoms with Gasteiger partial charge in [-0.1, -0.05) is 0 Å². The molecule has 0 unspecified atom stereocenters. The molecule has 1 saturated heterocycles. The molecule has 8 heteroatoms. The summed E-state index contributed by atoms with van der Waals surface area (Å²) < 4.78 is 40.5. The first kappa shape index (κ1) is 18.5. The molecular formula is C18H20FN3O3S. The third-order valence-electron chi connectivity index (χ3n) is 4.19. The SMILES string of the molecule is O=C(Nc1ccc(S(=O)(=O)NC2CCNCC2)cc1)c1ccc(F)cc1. The normalized spacial score (nSPS) is 15.6. The topological polar surface area (TPSA) is 87.3 Å². The smallest absolute Gasteiger partial charge is 0.255 e. The van der Waals surface area contributed by atoms with E-state index in [2.05, 4.69) is 15.4 Å². The van der Waals surface area contributed by atoms with Gasteiger partial charge in [-0.05, 0) is 74.5 Å². The van der Waals surface area contributed by atoms with Crippen molar-refractivity contribution in [2.45, 2.75) is 23.8 Å². The molecule has 2 aromatic carbocycles. The molecular weight excluding hydrogens is 357 g/mol. The molecule has 0 radical (unpaired) electrons. The van der Waals surface area contributed by atoms with Crippen molar-refractivity contribution in [3.05, 3.63) is 59.9 Å². The van der Waals surface area contributed by atoms with Gasteiger partial charge in [-0.2, -0.15) is 0 Å². The van der Waals surface area contributed by atoms with Gasteiger partial charge in [0.1, 0.15) is 5.82 Å². The maximum absolute atomic E-state index is 12.9. The summed E-state index contributed by atoms with van der Waals surface area (Å²) in [6.07, 6.45) is 1.51. The number of hydrogen-bond acceptors (Lipinski definition) is 4. The summed E-state index contributed by atoms with van der Waals surface area (Å²) in [5, 5.41) is 5.84. The fraction of sp³-hybridized carbons (Fsp3) is 0.278. The number of carbonyl (C=O) groups is 1. The standard InChI is InChI=1S/C18H20FN3O3S/c19-14-3-1-13(2-4-14)18(23)21-15-5-7-17(8-6-15)26(24,25)22-16-9-11-20-12-10-16/h1-8,16,20,22H,9-12H2,(H,21,23). The van der Waals surface area contributed by atoms with Crippen LogP contribution in [-0.4, -0.2) is 33.5 Å². The van der Waals surface area contributed by atoms with Crippen molar-refractivity contribution in [1.29, 1.82) is 0 Å². The molecule has 0 aromatic heterocycles. The first-order valence-corrected chi connectivity index (χ1v) is 9.82. The summed E-state index contributed by atoms with van der Waals surface area (Å²) in [4.78, 5) is 12.2. The van der Waals surface area contributed by atoms with Crippen molar-refractivity contribution in [3.8, 4) is 0 Å². The molecule has 1 aliphatic heterocycles. The lowest BCUT2D eigenvalue weighted by Crippen LogP contribution is -2.42. The van der Waals surface area contributed by atoms with Crippen molar-refractivity contribution >= 4 is 21.6 Å². The van der Waals surface area contributed by atoms with E-state index >= 15 is 0 Å². The molecule has 3 N–H and O–H groups in total. The molecule has 6 nitrogen and oxygen atoms in total. The van der Waals surface area contributed by atoms with Gasteiger partial charge in [0, 0.05) is 17.3 Å². The molecule has 0 atom stereocenters. The zero-order valence-corrected chi connectivity index (χ0v) is 14.9. The lowest BCUT2D eigenvalue weighted by molar-refractivity contribution is 0.102. The monoisotopic (exact) mass is 377 g/mol. The molecule has 0 spiro atoms. The third kappa shape index (κ3) is 4.66. The van der Waals surface area contributed by atoms with Crippen LogP contribution < -0.4 is 15.4 Å².